The highest BCUT2D eigenvalue weighted by Gasteiger charge is 2.37. The normalized spacial score (nSPS) is 12.5. The number of alkyl halides is 6. The molecule has 0 fully saturated rings. The molecule has 148 valence electrons. The molecule has 0 saturated heterocycles. The largest absolute Gasteiger partial charge is 0.416 e. The molecule has 1 aromatic heterocycles. The number of para-hydroxylation sites is 1. The number of benzene rings is 3. The van der Waals surface area contributed by atoms with Crippen LogP contribution in [0.4, 0.5) is 26.3 Å². The fourth-order valence-corrected chi connectivity index (χ4v) is 3.91. The predicted molar refractivity (Wildman–Crippen MR) is 100 cm³/mol. The molecule has 0 spiro atoms. The molecule has 0 saturated carbocycles. The molecule has 0 atom stereocenters. The van der Waals surface area contributed by atoms with Crippen molar-refractivity contribution in [3.05, 3.63) is 77.9 Å². The molecule has 4 aromatic rings. The van der Waals surface area contributed by atoms with Crippen LogP contribution >= 0.6 is 11.3 Å². The third-order valence-corrected chi connectivity index (χ3v) is 5.41. The first-order valence-electron chi connectivity index (χ1n) is 8.37. The van der Waals surface area contributed by atoms with E-state index in [2.05, 4.69) is 4.98 Å². The maximum absolute atomic E-state index is 13.1. The van der Waals surface area contributed by atoms with Gasteiger partial charge in [-0.25, -0.2) is 4.98 Å². The standard InChI is InChI=1S/C21H11F6NS/c22-20(23,24)15-9-14(10-16(11-15)21(25,26)27)12-4-3-5-13(8-12)19-28-17-6-1-2-7-18(17)29-19/h1-11H. The van der Waals surface area contributed by atoms with Crippen molar-refractivity contribution in [2.75, 3.05) is 0 Å². The van der Waals surface area contributed by atoms with Crippen LogP contribution in [-0.4, -0.2) is 4.98 Å². The zero-order chi connectivity index (χ0) is 20.8. The summed E-state index contributed by atoms with van der Waals surface area (Å²) in [6.45, 7) is 0. The van der Waals surface area contributed by atoms with Gasteiger partial charge in [0.2, 0.25) is 0 Å². The molecule has 3 aromatic carbocycles. The summed E-state index contributed by atoms with van der Waals surface area (Å²) in [4.78, 5) is 4.49. The van der Waals surface area contributed by atoms with Gasteiger partial charge < -0.3 is 0 Å². The molecule has 0 amide bonds. The van der Waals surface area contributed by atoms with Crippen LogP contribution in [0.2, 0.25) is 0 Å². The van der Waals surface area contributed by atoms with E-state index in [4.69, 9.17) is 0 Å². The molecule has 8 heteroatoms. The lowest BCUT2D eigenvalue weighted by Gasteiger charge is -2.14. The van der Waals surface area contributed by atoms with Crippen molar-refractivity contribution in [3.63, 3.8) is 0 Å². The van der Waals surface area contributed by atoms with E-state index < -0.39 is 23.5 Å². The van der Waals surface area contributed by atoms with Crippen molar-refractivity contribution in [1.82, 2.24) is 4.98 Å². The lowest BCUT2D eigenvalue weighted by molar-refractivity contribution is -0.143. The van der Waals surface area contributed by atoms with Gasteiger partial charge in [-0.05, 0) is 47.5 Å². The predicted octanol–water partition coefficient (Wildman–Crippen LogP) is 7.67. The molecule has 4 rings (SSSR count). The molecule has 0 unspecified atom stereocenters. The molecule has 29 heavy (non-hydrogen) atoms. The van der Waals surface area contributed by atoms with Gasteiger partial charge in [-0.3, -0.25) is 0 Å². The van der Waals surface area contributed by atoms with Crippen LogP contribution in [0.3, 0.4) is 0 Å². The Labute approximate surface area is 165 Å². The van der Waals surface area contributed by atoms with Gasteiger partial charge in [0.05, 0.1) is 21.3 Å². The van der Waals surface area contributed by atoms with Gasteiger partial charge in [-0.2, -0.15) is 26.3 Å². The molecule has 0 aliphatic rings. The second kappa shape index (κ2) is 6.88. The monoisotopic (exact) mass is 423 g/mol. The second-order valence-corrected chi connectivity index (χ2v) is 7.39. The number of hydrogen-bond acceptors (Lipinski definition) is 2. The van der Waals surface area contributed by atoms with Gasteiger partial charge in [0.15, 0.2) is 0 Å². The number of thiazole rings is 1. The third-order valence-electron chi connectivity index (χ3n) is 4.32. The summed E-state index contributed by atoms with van der Waals surface area (Å²) in [5, 5.41) is 0.635. The minimum Gasteiger partial charge on any atom is -0.236 e. The summed E-state index contributed by atoms with van der Waals surface area (Å²) in [7, 11) is 0. The van der Waals surface area contributed by atoms with E-state index in [1.165, 1.54) is 17.4 Å². The Kier molecular flexibility index (Phi) is 4.61. The summed E-state index contributed by atoms with van der Waals surface area (Å²) in [5.41, 5.74) is -1.19. The summed E-state index contributed by atoms with van der Waals surface area (Å²) in [6, 6.07) is 15.3. The van der Waals surface area contributed by atoms with E-state index in [1.807, 2.05) is 24.3 Å². The fraction of sp³-hybridized carbons (Fsp3) is 0.0952. The average molecular weight is 423 g/mol. The van der Waals surface area contributed by atoms with E-state index in [1.54, 1.807) is 18.2 Å². The van der Waals surface area contributed by atoms with Crippen LogP contribution in [0.1, 0.15) is 11.1 Å². The third kappa shape index (κ3) is 3.98. The van der Waals surface area contributed by atoms with Gasteiger partial charge in [-0.15, -0.1) is 11.3 Å². The molecule has 0 bridgehead atoms. The topological polar surface area (TPSA) is 12.9 Å². The van der Waals surface area contributed by atoms with Gasteiger partial charge >= 0.3 is 12.4 Å². The van der Waals surface area contributed by atoms with Crippen LogP contribution in [0.15, 0.2) is 66.7 Å². The molecule has 0 N–H and O–H groups in total. The number of hydrogen-bond donors (Lipinski definition) is 0. The minimum atomic E-state index is -4.89. The molecular weight excluding hydrogens is 412 g/mol. The van der Waals surface area contributed by atoms with Gasteiger partial charge in [-0.1, -0.05) is 30.3 Å². The van der Waals surface area contributed by atoms with E-state index in [-0.39, 0.29) is 17.2 Å². The number of aromatic nitrogens is 1. The number of nitrogens with zero attached hydrogens (tertiary/aromatic N) is 1. The molecule has 1 nitrogen and oxygen atoms in total. The Hall–Kier alpha value is -2.87. The van der Waals surface area contributed by atoms with Crippen molar-refractivity contribution >= 4 is 21.6 Å². The van der Waals surface area contributed by atoms with Gasteiger partial charge in [0.25, 0.3) is 0 Å². The maximum Gasteiger partial charge on any atom is 0.416 e. The Morgan fingerprint density at radius 2 is 1.24 bits per heavy atom. The lowest BCUT2D eigenvalue weighted by atomic mass is 9.98. The van der Waals surface area contributed by atoms with Crippen molar-refractivity contribution in [1.29, 1.82) is 0 Å². The Morgan fingerprint density at radius 1 is 0.621 bits per heavy atom. The van der Waals surface area contributed by atoms with Crippen molar-refractivity contribution in [3.8, 4) is 21.7 Å². The Balaban J connectivity index is 1.84. The van der Waals surface area contributed by atoms with E-state index in [9.17, 15) is 26.3 Å². The van der Waals surface area contributed by atoms with Crippen LogP contribution in [0, 0.1) is 0 Å². The van der Waals surface area contributed by atoms with E-state index in [0.29, 0.717) is 10.6 Å². The number of halogens is 6. The van der Waals surface area contributed by atoms with Crippen LogP contribution in [-0.2, 0) is 12.4 Å². The first-order chi connectivity index (χ1) is 13.6. The van der Waals surface area contributed by atoms with Crippen molar-refractivity contribution < 1.29 is 26.3 Å². The van der Waals surface area contributed by atoms with Crippen LogP contribution in [0.5, 0.6) is 0 Å². The smallest absolute Gasteiger partial charge is 0.236 e. The Bertz CT molecular complexity index is 1120. The SMILES string of the molecule is FC(F)(F)c1cc(-c2cccc(-c3nc4ccccc4s3)c2)cc(C(F)(F)F)c1. The first kappa shape index (κ1) is 19.4. The molecule has 0 aliphatic heterocycles. The van der Waals surface area contributed by atoms with Crippen molar-refractivity contribution in [2.45, 2.75) is 12.4 Å². The quantitative estimate of drug-likeness (QED) is 0.302. The van der Waals surface area contributed by atoms with Crippen LogP contribution in [0.25, 0.3) is 31.9 Å². The summed E-state index contributed by atoms with van der Waals surface area (Å²) in [6.07, 6.45) is -9.78. The highest BCUT2D eigenvalue weighted by atomic mass is 32.1. The summed E-state index contributed by atoms with van der Waals surface area (Å²) >= 11 is 1.40. The van der Waals surface area contributed by atoms with Gasteiger partial charge in [0, 0.05) is 5.56 Å². The zero-order valence-corrected chi connectivity index (χ0v) is 15.3. The molecular formula is C21H11F6NS. The fourth-order valence-electron chi connectivity index (χ4n) is 2.95. The van der Waals surface area contributed by atoms with E-state index >= 15 is 0 Å². The summed E-state index contributed by atoms with van der Waals surface area (Å²) < 4.78 is 79.8. The molecule has 0 aliphatic carbocycles. The average Bonchev–Trinajstić information content (AvgIpc) is 3.11. The van der Waals surface area contributed by atoms with Crippen LogP contribution < -0.4 is 0 Å². The Morgan fingerprint density at radius 3 is 1.86 bits per heavy atom. The lowest BCUT2D eigenvalue weighted by Crippen LogP contribution is -2.11. The highest BCUT2D eigenvalue weighted by Crippen LogP contribution is 2.39. The minimum absolute atomic E-state index is 0.126. The first-order valence-corrected chi connectivity index (χ1v) is 9.19. The molecule has 0 radical (unpaired) electrons. The number of rotatable bonds is 2. The van der Waals surface area contributed by atoms with E-state index in [0.717, 1.165) is 22.3 Å². The van der Waals surface area contributed by atoms with Gasteiger partial charge in [0.1, 0.15) is 5.01 Å². The second-order valence-electron chi connectivity index (χ2n) is 6.36. The number of fused-ring (bicyclic) bond motifs is 1. The highest BCUT2D eigenvalue weighted by molar-refractivity contribution is 7.21. The zero-order valence-electron chi connectivity index (χ0n) is 14.5. The molecule has 1 heterocycles. The van der Waals surface area contributed by atoms with Crippen molar-refractivity contribution in [2.24, 2.45) is 0 Å². The maximum atomic E-state index is 13.1. The summed E-state index contributed by atoms with van der Waals surface area (Å²) in [5.74, 6) is 0.